The van der Waals surface area contributed by atoms with Crippen molar-refractivity contribution in [2.75, 3.05) is 7.05 Å². The number of nitrogens with zero attached hydrogens (tertiary/aromatic N) is 3. The molecule has 0 unspecified atom stereocenters. The molecule has 0 amide bonds. The molecule has 0 spiro atoms. The van der Waals surface area contributed by atoms with Gasteiger partial charge in [0.15, 0.2) is 0 Å². The molecule has 1 aromatic rings. The lowest BCUT2D eigenvalue weighted by atomic mass is 10.1. The Labute approximate surface area is 126 Å². The zero-order valence-corrected chi connectivity index (χ0v) is 12.9. The summed E-state index contributed by atoms with van der Waals surface area (Å²) in [6, 6.07) is 0.360. The molecule has 0 bridgehead atoms. The maximum atomic E-state index is 4.36. The number of hydrogen-bond donors (Lipinski definition) is 1. The molecule has 0 atom stereocenters. The van der Waals surface area contributed by atoms with Crippen molar-refractivity contribution in [2.24, 2.45) is 4.99 Å². The highest BCUT2D eigenvalue weighted by molar-refractivity contribution is 5.83. The highest BCUT2D eigenvalue weighted by atomic mass is 15.3. The fourth-order valence-corrected chi connectivity index (χ4v) is 2.00. The molecule has 0 saturated heterocycles. The normalized spacial score (nSPS) is 17.2. The molecule has 0 aromatic carbocycles. The molecular weight excluding hydrogens is 260 g/mol. The molecule has 0 radical (unpaired) electrons. The number of rotatable bonds is 5. The highest BCUT2D eigenvalue weighted by Gasteiger charge is 2.04. The second kappa shape index (κ2) is 6.88. The lowest BCUT2D eigenvalue weighted by Gasteiger charge is -2.07. The Bertz CT molecular complexity index is 627. The second-order valence-electron chi connectivity index (χ2n) is 5.17. The second-order valence-corrected chi connectivity index (χ2v) is 5.17. The first-order chi connectivity index (χ1) is 10.1. The Hall–Kier alpha value is -2.36. The van der Waals surface area contributed by atoms with Crippen LogP contribution in [0.2, 0.25) is 0 Å². The van der Waals surface area contributed by atoms with Gasteiger partial charge in [-0.15, -0.1) is 0 Å². The van der Waals surface area contributed by atoms with E-state index in [0.29, 0.717) is 6.04 Å². The minimum absolute atomic E-state index is 0.360. The van der Waals surface area contributed by atoms with Crippen molar-refractivity contribution in [1.82, 2.24) is 15.1 Å². The van der Waals surface area contributed by atoms with Gasteiger partial charge >= 0.3 is 0 Å². The molecular formula is C17H22N4. The van der Waals surface area contributed by atoms with E-state index < -0.39 is 0 Å². The average molecular weight is 282 g/mol. The van der Waals surface area contributed by atoms with Crippen molar-refractivity contribution in [3.63, 3.8) is 0 Å². The molecule has 1 aliphatic rings. The van der Waals surface area contributed by atoms with Crippen LogP contribution in [0.1, 0.15) is 31.9 Å². The van der Waals surface area contributed by atoms with E-state index in [2.05, 4.69) is 54.1 Å². The van der Waals surface area contributed by atoms with Gasteiger partial charge in [-0.05, 0) is 37.5 Å². The van der Waals surface area contributed by atoms with Crippen LogP contribution in [0.5, 0.6) is 0 Å². The predicted octanol–water partition coefficient (Wildman–Crippen LogP) is 3.50. The quantitative estimate of drug-likeness (QED) is 0.840. The molecule has 1 N–H and O–H groups in total. The van der Waals surface area contributed by atoms with Gasteiger partial charge in [0, 0.05) is 31.1 Å². The summed E-state index contributed by atoms with van der Waals surface area (Å²) >= 11 is 0. The summed E-state index contributed by atoms with van der Waals surface area (Å²) in [5.41, 5.74) is 3.31. The first kappa shape index (κ1) is 15.0. The third-order valence-corrected chi connectivity index (χ3v) is 3.32. The van der Waals surface area contributed by atoms with E-state index in [1.807, 2.05) is 36.4 Å². The van der Waals surface area contributed by atoms with Crippen molar-refractivity contribution >= 4 is 11.8 Å². The molecule has 21 heavy (non-hydrogen) atoms. The van der Waals surface area contributed by atoms with Crippen LogP contribution >= 0.6 is 0 Å². The SMILES string of the molecule is C=C/C(=C\C=C1\C=NC(NC)=CC1)c1cnn(C(C)C)c1. The minimum atomic E-state index is 0.360. The fourth-order valence-electron chi connectivity index (χ4n) is 2.00. The maximum Gasteiger partial charge on any atom is 0.121 e. The number of allylic oxidation sites excluding steroid dienone is 6. The summed E-state index contributed by atoms with van der Waals surface area (Å²) in [5, 5.41) is 7.40. The van der Waals surface area contributed by atoms with Gasteiger partial charge in [-0.2, -0.15) is 5.10 Å². The number of hydrogen-bond acceptors (Lipinski definition) is 3. The predicted molar refractivity (Wildman–Crippen MR) is 89.1 cm³/mol. The summed E-state index contributed by atoms with van der Waals surface area (Å²) in [5.74, 6) is 0.915. The Balaban J connectivity index is 2.16. The molecule has 0 aliphatic carbocycles. The van der Waals surface area contributed by atoms with Gasteiger partial charge in [-0.25, -0.2) is 4.99 Å². The molecule has 2 heterocycles. The summed E-state index contributed by atoms with van der Waals surface area (Å²) in [6.07, 6.45) is 14.8. The van der Waals surface area contributed by atoms with E-state index in [1.165, 1.54) is 5.57 Å². The highest BCUT2D eigenvalue weighted by Crippen LogP contribution is 2.18. The van der Waals surface area contributed by atoms with Crippen LogP contribution < -0.4 is 5.32 Å². The summed E-state index contributed by atoms with van der Waals surface area (Å²) < 4.78 is 1.95. The van der Waals surface area contributed by atoms with E-state index in [9.17, 15) is 0 Å². The van der Waals surface area contributed by atoms with Crippen LogP contribution in [0.3, 0.4) is 0 Å². The van der Waals surface area contributed by atoms with Crippen molar-refractivity contribution in [3.8, 4) is 0 Å². The van der Waals surface area contributed by atoms with E-state index in [1.54, 1.807) is 0 Å². The molecule has 1 aromatic heterocycles. The van der Waals surface area contributed by atoms with Gasteiger partial charge in [-0.3, -0.25) is 4.68 Å². The molecule has 0 fully saturated rings. The third-order valence-electron chi connectivity index (χ3n) is 3.32. The minimum Gasteiger partial charge on any atom is -0.373 e. The first-order valence-corrected chi connectivity index (χ1v) is 7.14. The Kier molecular flexibility index (Phi) is 4.93. The molecule has 0 saturated carbocycles. The van der Waals surface area contributed by atoms with E-state index >= 15 is 0 Å². The van der Waals surface area contributed by atoms with Gasteiger partial charge in [-0.1, -0.05) is 24.8 Å². The number of aliphatic imine (C=N–C) groups is 1. The van der Waals surface area contributed by atoms with Crippen LogP contribution in [-0.4, -0.2) is 23.0 Å². The molecule has 1 aliphatic heterocycles. The van der Waals surface area contributed by atoms with Crippen LogP contribution in [-0.2, 0) is 0 Å². The van der Waals surface area contributed by atoms with Crippen molar-refractivity contribution in [1.29, 1.82) is 0 Å². The summed E-state index contributed by atoms with van der Waals surface area (Å²) in [7, 11) is 1.87. The largest absolute Gasteiger partial charge is 0.373 e. The fraction of sp³-hybridized carbons (Fsp3) is 0.294. The van der Waals surface area contributed by atoms with Crippen molar-refractivity contribution in [2.45, 2.75) is 26.3 Å². The number of nitrogens with one attached hydrogen (secondary N) is 1. The van der Waals surface area contributed by atoms with Crippen molar-refractivity contribution < 1.29 is 0 Å². The van der Waals surface area contributed by atoms with E-state index in [4.69, 9.17) is 0 Å². The van der Waals surface area contributed by atoms with Gasteiger partial charge in [0.25, 0.3) is 0 Å². The summed E-state index contributed by atoms with van der Waals surface area (Å²) in [6.45, 7) is 8.11. The smallest absolute Gasteiger partial charge is 0.121 e. The monoisotopic (exact) mass is 282 g/mol. The first-order valence-electron chi connectivity index (χ1n) is 7.14. The molecule has 4 nitrogen and oxygen atoms in total. The van der Waals surface area contributed by atoms with Gasteiger partial charge in [0.1, 0.15) is 5.82 Å². The van der Waals surface area contributed by atoms with Crippen LogP contribution in [0.15, 0.2) is 59.7 Å². The Morgan fingerprint density at radius 1 is 1.48 bits per heavy atom. The lowest BCUT2D eigenvalue weighted by molar-refractivity contribution is 0.532. The van der Waals surface area contributed by atoms with Gasteiger partial charge in [0.2, 0.25) is 0 Å². The van der Waals surface area contributed by atoms with E-state index in [0.717, 1.165) is 23.4 Å². The molecule has 4 heteroatoms. The van der Waals surface area contributed by atoms with E-state index in [-0.39, 0.29) is 0 Å². The maximum absolute atomic E-state index is 4.36. The third kappa shape index (κ3) is 3.81. The van der Waals surface area contributed by atoms with Crippen LogP contribution in [0.4, 0.5) is 0 Å². The Morgan fingerprint density at radius 3 is 2.81 bits per heavy atom. The number of aromatic nitrogens is 2. The van der Waals surface area contributed by atoms with Gasteiger partial charge in [0.05, 0.1) is 6.20 Å². The van der Waals surface area contributed by atoms with Gasteiger partial charge < -0.3 is 5.32 Å². The zero-order valence-electron chi connectivity index (χ0n) is 12.9. The summed E-state index contributed by atoms with van der Waals surface area (Å²) in [4.78, 5) is 4.32. The molecule has 2 rings (SSSR count). The topological polar surface area (TPSA) is 42.2 Å². The molecule has 110 valence electrons. The van der Waals surface area contributed by atoms with Crippen LogP contribution in [0.25, 0.3) is 5.57 Å². The zero-order chi connectivity index (χ0) is 15.2. The van der Waals surface area contributed by atoms with Crippen molar-refractivity contribution in [3.05, 3.63) is 60.2 Å². The Morgan fingerprint density at radius 2 is 2.29 bits per heavy atom. The standard InChI is InChI=1S/C17H22N4/c1-5-15(16-11-20-21(12-16)13(2)3)8-6-14-7-9-17(18-4)19-10-14/h5-6,8-13,18H,1,7H2,2-4H3/b14-6+,15-8+. The van der Waals surface area contributed by atoms with Crippen LogP contribution in [0, 0.1) is 0 Å². The average Bonchev–Trinajstić information content (AvgIpc) is 2.98. The lowest BCUT2D eigenvalue weighted by Crippen LogP contribution is -2.06.